The Morgan fingerprint density at radius 2 is 1.88 bits per heavy atom. The van der Waals surface area contributed by atoms with Gasteiger partial charge in [-0.3, -0.25) is 14.2 Å². The maximum atomic E-state index is 14.1. The van der Waals surface area contributed by atoms with Gasteiger partial charge in [0.15, 0.2) is 0 Å². The molecule has 2 N–H and O–H groups in total. The van der Waals surface area contributed by atoms with Crippen molar-refractivity contribution in [2.45, 2.75) is 33.7 Å². The lowest BCUT2D eigenvalue weighted by atomic mass is 9.97. The van der Waals surface area contributed by atoms with Crippen LogP contribution in [0.1, 0.15) is 26.3 Å². The molecule has 0 radical (unpaired) electrons. The molecule has 0 saturated heterocycles. The third kappa shape index (κ3) is 7.01. The molecular formula is C30H33ClN6O4. The predicted octanol–water partition coefficient (Wildman–Crippen LogP) is 5.35. The molecule has 1 aromatic carbocycles. The van der Waals surface area contributed by atoms with Crippen LogP contribution in [0.2, 0.25) is 5.02 Å². The summed E-state index contributed by atoms with van der Waals surface area (Å²) in [5, 5.41) is 6.85. The Morgan fingerprint density at radius 1 is 1.10 bits per heavy atom. The lowest BCUT2D eigenvalue weighted by Gasteiger charge is -2.19. The highest BCUT2D eigenvalue weighted by Gasteiger charge is 2.19. The van der Waals surface area contributed by atoms with E-state index in [1.165, 1.54) is 20.3 Å². The number of methoxy groups -OCH3 is 2. The van der Waals surface area contributed by atoms with Gasteiger partial charge in [-0.05, 0) is 41.7 Å². The zero-order valence-electron chi connectivity index (χ0n) is 23.7. The standard InChI is InChI=1S/C30H33ClN6O4/c1-7-25(38)35-24-9-8-18(15-32-24)10-11-37-27-19(16-33-29(36-27)34-17-30(2,3)4)12-22(28(37)39)21-13-20(40-5)14-23(41-6)26(21)31/h7-9,12-16H,1,10-11,17H2,2-6H3,(H,32,35,38)(H,33,34,36). The highest BCUT2D eigenvalue weighted by atomic mass is 35.5. The second kappa shape index (κ2) is 12.4. The molecule has 0 fully saturated rings. The van der Waals surface area contributed by atoms with Gasteiger partial charge in [-0.15, -0.1) is 0 Å². The number of nitrogens with one attached hydrogen (secondary N) is 2. The number of carbonyl (C=O) groups excluding carboxylic acids is 1. The summed E-state index contributed by atoms with van der Waals surface area (Å²) in [6, 6.07) is 8.65. The van der Waals surface area contributed by atoms with Gasteiger partial charge < -0.3 is 20.1 Å². The smallest absolute Gasteiger partial charge is 0.260 e. The number of halogens is 1. The number of fused-ring (bicyclic) bond motifs is 1. The fourth-order valence-electron chi connectivity index (χ4n) is 4.09. The number of carbonyl (C=O) groups is 1. The van der Waals surface area contributed by atoms with Crippen LogP contribution < -0.4 is 25.7 Å². The lowest BCUT2D eigenvalue weighted by Crippen LogP contribution is -2.25. The third-order valence-corrected chi connectivity index (χ3v) is 6.64. The summed E-state index contributed by atoms with van der Waals surface area (Å²) in [6.45, 7) is 10.7. The lowest BCUT2D eigenvalue weighted by molar-refractivity contribution is -0.111. The fraction of sp³-hybridized carbons (Fsp3) is 0.300. The predicted molar refractivity (Wildman–Crippen MR) is 162 cm³/mol. The maximum absolute atomic E-state index is 14.1. The largest absolute Gasteiger partial charge is 0.497 e. The summed E-state index contributed by atoms with van der Waals surface area (Å²) < 4.78 is 12.5. The first-order valence-corrected chi connectivity index (χ1v) is 13.4. The number of amides is 1. The van der Waals surface area contributed by atoms with E-state index in [2.05, 4.69) is 48.0 Å². The number of benzene rings is 1. The summed E-state index contributed by atoms with van der Waals surface area (Å²) in [4.78, 5) is 39.1. The van der Waals surface area contributed by atoms with Gasteiger partial charge in [-0.1, -0.05) is 45.0 Å². The van der Waals surface area contributed by atoms with Crippen molar-refractivity contribution in [3.63, 3.8) is 0 Å². The Morgan fingerprint density at radius 3 is 2.51 bits per heavy atom. The van der Waals surface area contributed by atoms with Gasteiger partial charge in [-0.2, -0.15) is 4.98 Å². The van der Waals surface area contributed by atoms with Gasteiger partial charge in [0, 0.05) is 48.1 Å². The average molecular weight is 577 g/mol. The molecule has 0 atom stereocenters. The van der Waals surface area contributed by atoms with E-state index in [4.69, 9.17) is 26.1 Å². The third-order valence-electron chi connectivity index (χ3n) is 6.25. The molecular weight excluding hydrogens is 544 g/mol. The molecule has 4 aromatic rings. The monoisotopic (exact) mass is 576 g/mol. The molecule has 10 nitrogen and oxygen atoms in total. The minimum atomic E-state index is -0.344. The van der Waals surface area contributed by atoms with Crippen molar-refractivity contribution in [3.05, 3.63) is 76.3 Å². The van der Waals surface area contributed by atoms with E-state index in [0.717, 1.165) is 5.56 Å². The molecule has 0 saturated carbocycles. The van der Waals surface area contributed by atoms with Crippen LogP contribution in [0.5, 0.6) is 11.5 Å². The molecule has 41 heavy (non-hydrogen) atoms. The van der Waals surface area contributed by atoms with Gasteiger partial charge in [0.05, 0.1) is 19.2 Å². The van der Waals surface area contributed by atoms with Gasteiger partial charge in [0.1, 0.15) is 23.0 Å². The van der Waals surface area contributed by atoms with Crippen molar-refractivity contribution >= 4 is 40.3 Å². The van der Waals surface area contributed by atoms with Crippen molar-refractivity contribution in [1.82, 2.24) is 19.5 Å². The number of rotatable bonds is 10. The number of pyridine rings is 2. The molecule has 0 aliphatic rings. The summed E-state index contributed by atoms with van der Waals surface area (Å²) >= 11 is 6.68. The molecule has 0 bridgehead atoms. The van der Waals surface area contributed by atoms with E-state index in [1.807, 2.05) is 6.07 Å². The summed E-state index contributed by atoms with van der Waals surface area (Å²) in [5.74, 6) is 1.38. The zero-order chi connectivity index (χ0) is 29.7. The molecule has 0 spiro atoms. The molecule has 0 unspecified atom stereocenters. The van der Waals surface area contributed by atoms with Crippen molar-refractivity contribution < 1.29 is 14.3 Å². The van der Waals surface area contributed by atoms with E-state index in [-0.39, 0.29) is 16.9 Å². The van der Waals surface area contributed by atoms with Crippen molar-refractivity contribution in [1.29, 1.82) is 0 Å². The van der Waals surface area contributed by atoms with Crippen LogP contribution in [-0.2, 0) is 17.8 Å². The van der Waals surface area contributed by atoms with Gasteiger partial charge in [0.25, 0.3) is 5.56 Å². The second-order valence-electron chi connectivity index (χ2n) is 10.6. The summed E-state index contributed by atoms with van der Waals surface area (Å²) in [6.07, 6.45) is 5.00. The molecule has 1 amide bonds. The molecule has 0 aliphatic carbocycles. The molecule has 3 heterocycles. The van der Waals surface area contributed by atoms with E-state index in [0.29, 0.717) is 70.0 Å². The first kappa shape index (κ1) is 29.5. The first-order chi connectivity index (χ1) is 19.5. The Balaban J connectivity index is 1.80. The molecule has 11 heteroatoms. The number of ether oxygens (including phenoxy) is 2. The second-order valence-corrected chi connectivity index (χ2v) is 11.0. The van der Waals surface area contributed by atoms with E-state index in [9.17, 15) is 9.59 Å². The summed E-state index contributed by atoms with van der Waals surface area (Å²) in [7, 11) is 3.04. The number of aryl methyl sites for hydroxylation is 2. The van der Waals surface area contributed by atoms with Crippen molar-refractivity contribution in [3.8, 4) is 22.6 Å². The van der Waals surface area contributed by atoms with E-state index < -0.39 is 0 Å². The minimum absolute atomic E-state index is 0.00825. The van der Waals surface area contributed by atoms with Crippen LogP contribution in [0, 0.1) is 5.41 Å². The topological polar surface area (TPSA) is 120 Å². The van der Waals surface area contributed by atoms with Crippen LogP contribution in [-0.4, -0.2) is 46.2 Å². The quantitative estimate of drug-likeness (QED) is 0.242. The SMILES string of the molecule is C=CC(=O)Nc1ccc(CCn2c(=O)c(-c3cc(OC)cc(OC)c3Cl)cc3cnc(NCC(C)(C)C)nc32)cn1. The molecule has 3 aromatic heterocycles. The Labute approximate surface area is 243 Å². The van der Waals surface area contributed by atoms with Gasteiger partial charge in [-0.25, -0.2) is 9.97 Å². The molecule has 214 valence electrons. The molecule has 4 rings (SSSR count). The maximum Gasteiger partial charge on any atom is 0.260 e. The molecule has 0 aliphatic heterocycles. The van der Waals surface area contributed by atoms with Crippen LogP contribution >= 0.6 is 11.6 Å². The average Bonchev–Trinajstić information content (AvgIpc) is 2.96. The van der Waals surface area contributed by atoms with Crippen LogP contribution in [0.15, 0.2) is 60.2 Å². The number of hydrogen-bond acceptors (Lipinski definition) is 8. The first-order valence-electron chi connectivity index (χ1n) is 13.0. The normalized spacial score (nSPS) is 11.3. The van der Waals surface area contributed by atoms with Crippen molar-refractivity contribution in [2.24, 2.45) is 5.41 Å². The minimum Gasteiger partial charge on any atom is -0.497 e. The Kier molecular flexibility index (Phi) is 8.92. The van der Waals surface area contributed by atoms with Gasteiger partial charge in [0.2, 0.25) is 11.9 Å². The summed E-state index contributed by atoms with van der Waals surface area (Å²) in [5.41, 5.74) is 1.92. The van der Waals surface area contributed by atoms with Crippen LogP contribution in [0.25, 0.3) is 22.2 Å². The van der Waals surface area contributed by atoms with Gasteiger partial charge >= 0.3 is 0 Å². The van der Waals surface area contributed by atoms with Crippen LogP contribution in [0.4, 0.5) is 11.8 Å². The zero-order valence-corrected chi connectivity index (χ0v) is 24.5. The fourth-order valence-corrected chi connectivity index (χ4v) is 4.38. The number of anilines is 2. The number of aromatic nitrogens is 4. The highest BCUT2D eigenvalue weighted by Crippen LogP contribution is 2.38. The highest BCUT2D eigenvalue weighted by molar-refractivity contribution is 6.35. The van der Waals surface area contributed by atoms with Crippen molar-refractivity contribution in [2.75, 3.05) is 31.4 Å². The Hall–Kier alpha value is -4.44. The van der Waals surface area contributed by atoms with E-state index in [1.54, 1.807) is 41.2 Å². The Bertz CT molecular complexity index is 1640. The number of hydrogen-bond donors (Lipinski definition) is 2. The van der Waals surface area contributed by atoms with E-state index >= 15 is 0 Å². The number of nitrogens with zero attached hydrogens (tertiary/aromatic N) is 4. The van der Waals surface area contributed by atoms with Crippen LogP contribution in [0.3, 0.4) is 0 Å².